The van der Waals surface area contributed by atoms with Crippen molar-refractivity contribution in [2.45, 2.75) is 43.5 Å². The number of hydrogen-bond acceptors (Lipinski definition) is 6. The number of carbonyl (C=O) groups is 2. The Morgan fingerprint density at radius 3 is 2.73 bits per heavy atom. The summed E-state index contributed by atoms with van der Waals surface area (Å²) in [5.74, 6) is -0.353. The molecular formula is C14H18N4O2S2. The van der Waals surface area contributed by atoms with Crippen molar-refractivity contribution < 1.29 is 9.59 Å². The van der Waals surface area contributed by atoms with Crippen LogP contribution in [0.5, 0.6) is 0 Å². The van der Waals surface area contributed by atoms with E-state index in [1.54, 1.807) is 6.92 Å². The predicted molar refractivity (Wildman–Crippen MR) is 89.2 cm³/mol. The molecule has 8 heteroatoms. The number of hydrogen-bond donors (Lipinski definition) is 2. The van der Waals surface area contributed by atoms with Gasteiger partial charge in [0.2, 0.25) is 5.91 Å². The first-order chi connectivity index (χ1) is 10.3. The summed E-state index contributed by atoms with van der Waals surface area (Å²) in [6.45, 7) is 7.29. The monoisotopic (exact) mass is 338 g/mol. The van der Waals surface area contributed by atoms with Gasteiger partial charge in [0.05, 0.1) is 5.25 Å². The Morgan fingerprint density at radius 2 is 2.05 bits per heavy atom. The number of carbonyl (C=O) groups excluding carboxylic acids is 2. The molecule has 6 nitrogen and oxygen atoms in total. The van der Waals surface area contributed by atoms with Crippen molar-refractivity contribution in [3.63, 3.8) is 0 Å². The molecule has 0 radical (unpaired) electrons. The topological polar surface area (TPSA) is 84.0 Å². The average molecular weight is 338 g/mol. The highest BCUT2D eigenvalue weighted by atomic mass is 32.2. The Morgan fingerprint density at radius 1 is 1.32 bits per heavy atom. The van der Waals surface area contributed by atoms with Gasteiger partial charge in [0.15, 0.2) is 0 Å². The molecular weight excluding hydrogens is 320 g/mol. The number of rotatable bonds is 3. The molecule has 2 aromatic rings. The molecule has 0 aliphatic carbocycles. The van der Waals surface area contributed by atoms with Crippen LogP contribution in [0.1, 0.15) is 27.7 Å². The Balaban J connectivity index is 2.00. The second-order valence-corrected chi connectivity index (χ2v) is 8.00. The molecule has 0 bridgehead atoms. The van der Waals surface area contributed by atoms with Gasteiger partial charge in [-0.15, -0.1) is 11.3 Å². The average Bonchev–Trinajstić information content (AvgIpc) is 2.85. The Bertz CT molecular complexity index is 693. The molecule has 0 unspecified atom stereocenters. The lowest BCUT2D eigenvalue weighted by molar-refractivity contribution is -0.119. The van der Waals surface area contributed by atoms with Gasteiger partial charge in [-0.25, -0.2) is 14.8 Å². The normalized spacial score (nSPS) is 12.9. The van der Waals surface area contributed by atoms with Crippen LogP contribution in [0.3, 0.4) is 0 Å². The zero-order valence-electron chi connectivity index (χ0n) is 12.8. The Hall–Kier alpha value is -1.67. The minimum absolute atomic E-state index is 0.353. The third-order valence-corrected chi connectivity index (χ3v) is 4.55. The molecule has 2 rings (SSSR count). The molecule has 2 heterocycles. The van der Waals surface area contributed by atoms with Gasteiger partial charge >= 0.3 is 6.03 Å². The lowest BCUT2D eigenvalue weighted by Gasteiger charge is -2.21. The summed E-state index contributed by atoms with van der Waals surface area (Å²) in [6.07, 6.45) is 1.48. The fraction of sp³-hybridized carbons (Fsp3) is 0.429. The molecule has 2 aromatic heterocycles. The minimum Gasteiger partial charge on any atom is -0.333 e. The third-order valence-electron chi connectivity index (χ3n) is 2.61. The van der Waals surface area contributed by atoms with Crippen molar-refractivity contribution in [1.82, 2.24) is 20.6 Å². The van der Waals surface area contributed by atoms with Crippen LogP contribution in [0, 0.1) is 0 Å². The highest BCUT2D eigenvalue weighted by molar-refractivity contribution is 8.00. The van der Waals surface area contributed by atoms with E-state index in [9.17, 15) is 9.59 Å². The van der Waals surface area contributed by atoms with Gasteiger partial charge in [-0.2, -0.15) is 0 Å². The number of imide groups is 1. The molecule has 118 valence electrons. The van der Waals surface area contributed by atoms with Gasteiger partial charge < -0.3 is 5.32 Å². The van der Waals surface area contributed by atoms with E-state index in [2.05, 4.69) is 20.6 Å². The Labute approximate surface area is 137 Å². The number of aromatic nitrogens is 2. The number of nitrogens with one attached hydrogen (secondary N) is 2. The van der Waals surface area contributed by atoms with Crippen LogP contribution in [0.4, 0.5) is 4.79 Å². The van der Waals surface area contributed by atoms with Crippen LogP contribution in [0.15, 0.2) is 22.8 Å². The first kappa shape index (κ1) is 16.7. The molecule has 0 aliphatic heterocycles. The third kappa shape index (κ3) is 4.41. The first-order valence-electron chi connectivity index (χ1n) is 6.74. The zero-order valence-corrected chi connectivity index (χ0v) is 14.5. The molecule has 0 saturated heterocycles. The summed E-state index contributed by atoms with van der Waals surface area (Å²) < 4.78 is 0. The van der Waals surface area contributed by atoms with E-state index in [-0.39, 0.29) is 5.91 Å². The maximum atomic E-state index is 12.1. The van der Waals surface area contributed by atoms with Gasteiger partial charge in [0.25, 0.3) is 0 Å². The van der Waals surface area contributed by atoms with Crippen LogP contribution in [-0.4, -0.2) is 32.7 Å². The van der Waals surface area contributed by atoms with Crippen molar-refractivity contribution >= 4 is 45.3 Å². The summed E-state index contributed by atoms with van der Waals surface area (Å²) in [7, 11) is 0. The molecule has 0 spiro atoms. The summed E-state index contributed by atoms with van der Waals surface area (Å²) in [4.78, 5) is 33.1. The summed E-state index contributed by atoms with van der Waals surface area (Å²) >= 11 is 2.83. The lowest BCUT2D eigenvalue weighted by Crippen LogP contribution is -2.49. The molecule has 0 fully saturated rings. The fourth-order valence-corrected chi connectivity index (χ4v) is 3.37. The number of thioether (sulfide) groups is 1. The molecule has 0 aliphatic rings. The predicted octanol–water partition coefficient (Wildman–Crippen LogP) is 2.80. The van der Waals surface area contributed by atoms with Crippen LogP contribution >= 0.6 is 23.1 Å². The molecule has 2 N–H and O–H groups in total. The second-order valence-electron chi connectivity index (χ2n) is 5.77. The number of thiophene rings is 1. The smallest absolute Gasteiger partial charge is 0.321 e. The lowest BCUT2D eigenvalue weighted by atomic mass is 10.1. The van der Waals surface area contributed by atoms with Crippen molar-refractivity contribution in [2.24, 2.45) is 0 Å². The van der Waals surface area contributed by atoms with E-state index >= 15 is 0 Å². The minimum atomic E-state index is -0.492. The Kier molecular flexibility index (Phi) is 5.02. The van der Waals surface area contributed by atoms with E-state index in [1.807, 2.05) is 32.2 Å². The molecule has 3 amide bonds. The quantitative estimate of drug-likeness (QED) is 0.664. The molecule has 0 aromatic carbocycles. The van der Waals surface area contributed by atoms with Crippen molar-refractivity contribution in [2.75, 3.05) is 0 Å². The molecule has 1 atom stereocenters. The first-order valence-corrected chi connectivity index (χ1v) is 8.50. The van der Waals surface area contributed by atoms with Gasteiger partial charge in [-0.05, 0) is 39.1 Å². The number of urea groups is 1. The summed E-state index contributed by atoms with van der Waals surface area (Å²) in [5.41, 5.74) is -0.393. The second kappa shape index (κ2) is 6.62. The molecule has 22 heavy (non-hydrogen) atoms. The zero-order chi connectivity index (χ0) is 16.3. The SMILES string of the molecule is C[C@H](Sc1ncnc2sccc12)C(=O)NC(=O)NC(C)(C)C. The highest BCUT2D eigenvalue weighted by Gasteiger charge is 2.21. The van der Waals surface area contributed by atoms with Crippen LogP contribution < -0.4 is 10.6 Å². The van der Waals surface area contributed by atoms with Crippen molar-refractivity contribution in [3.8, 4) is 0 Å². The summed E-state index contributed by atoms with van der Waals surface area (Å²) in [5, 5.41) is 8.20. The maximum Gasteiger partial charge on any atom is 0.321 e. The van der Waals surface area contributed by atoms with Gasteiger partial charge in [-0.3, -0.25) is 10.1 Å². The van der Waals surface area contributed by atoms with Gasteiger partial charge in [-0.1, -0.05) is 11.8 Å². The van der Waals surface area contributed by atoms with Crippen molar-refractivity contribution in [3.05, 3.63) is 17.8 Å². The standard InChI is InChI=1S/C14H18N4O2S2/c1-8(10(19)17-13(20)18-14(2,3)4)22-12-9-5-6-21-11(9)15-7-16-12/h5-8H,1-4H3,(H2,17,18,19,20)/t8-/m0/s1. The van der Waals surface area contributed by atoms with E-state index < -0.39 is 16.8 Å². The van der Waals surface area contributed by atoms with Gasteiger partial charge in [0.1, 0.15) is 16.2 Å². The van der Waals surface area contributed by atoms with Crippen LogP contribution in [-0.2, 0) is 4.79 Å². The van der Waals surface area contributed by atoms with Crippen LogP contribution in [0.25, 0.3) is 10.2 Å². The molecule has 0 saturated carbocycles. The van der Waals surface area contributed by atoms with Crippen molar-refractivity contribution in [1.29, 1.82) is 0 Å². The van der Waals surface area contributed by atoms with E-state index in [1.165, 1.54) is 29.4 Å². The largest absolute Gasteiger partial charge is 0.333 e. The van der Waals surface area contributed by atoms with Crippen LogP contribution in [0.2, 0.25) is 0 Å². The van der Waals surface area contributed by atoms with E-state index in [0.717, 1.165) is 15.2 Å². The number of nitrogens with zero attached hydrogens (tertiary/aromatic N) is 2. The summed E-state index contributed by atoms with van der Waals surface area (Å²) in [6, 6.07) is 1.44. The number of amides is 3. The van der Waals surface area contributed by atoms with E-state index in [0.29, 0.717) is 0 Å². The highest BCUT2D eigenvalue weighted by Crippen LogP contribution is 2.30. The van der Waals surface area contributed by atoms with Gasteiger partial charge in [0, 0.05) is 10.9 Å². The van der Waals surface area contributed by atoms with E-state index in [4.69, 9.17) is 0 Å². The maximum absolute atomic E-state index is 12.1. The fourth-order valence-electron chi connectivity index (χ4n) is 1.67. The number of fused-ring (bicyclic) bond motifs is 1.